The van der Waals surface area contributed by atoms with Crippen LogP contribution in [0.25, 0.3) is 11.3 Å². The van der Waals surface area contributed by atoms with E-state index in [1.807, 2.05) is 49.2 Å². The van der Waals surface area contributed by atoms with E-state index in [2.05, 4.69) is 19.9 Å². The van der Waals surface area contributed by atoms with Crippen LogP contribution in [0.5, 0.6) is 5.75 Å². The van der Waals surface area contributed by atoms with Gasteiger partial charge < -0.3 is 19.4 Å². The van der Waals surface area contributed by atoms with E-state index in [4.69, 9.17) is 14.5 Å². The fourth-order valence-electron chi connectivity index (χ4n) is 4.70. The summed E-state index contributed by atoms with van der Waals surface area (Å²) in [5.41, 5.74) is 5.39. The number of amides is 1. The maximum absolute atomic E-state index is 12.5. The molecule has 3 aromatic rings. The molecule has 1 fully saturated rings. The molecular weight excluding hydrogens is 420 g/mol. The first-order valence-corrected chi connectivity index (χ1v) is 11.2. The molecule has 1 N–H and O–H groups in total. The average Bonchev–Trinajstić information content (AvgIpc) is 3.11. The zero-order valence-electron chi connectivity index (χ0n) is 19.2. The number of hydrazine groups is 1. The first-order valence-electron chi connectivity index (χ1n) is 11.2. The smallest absolute Gasteiger partial charge is 0.268 e. The van der Waals surface area contributed by atoms with Crippen molar-refractivity contribution in [2.24, 2.45) is 0 Å². The van der Waals surface area contributed by atoms with E-state index in [0.717, 1.165) is 53.6 Å². The van der Waals surface area contributed by atoms with Gasteiger partial charge in [-0.25, -0.2) is 20.0 Å². The molecule has 0 unspecified atom stereocenters. The standard InChI is InChI=1S/C24H28N6O3/c1-16-21(17(2)29-10-9-25-23(31)22(16)29)20-7-8-26-24(27-20)30(28-11-13-33-14-12-28)18-5-4-6-19(15-18)32-3/h4-8,15H,9-14H2,1-3H3,(H,25,31). The van der Waals surface area contributed by atoms with Crippen LogP contribution in [0.4, 0.5) is 11.6 Å². The predicted molar refractivity (Wildman–Crippen MR) is 125 cm³/mol. The number of carbonyl (C=O) groups is 1. The lowest BCUT2D eigenvalue weighted by molar-refractivity contribution is 0.0371. The highest BCUT2D eigenvalue weighted by atomic mass is 16.5. The number of anilines is 2. The summed E-state index contributed by atoms with van der Waals surface area (Å²) in [7, 11) is 1.66. The van der Waals surface area contributed by atoms with Crippen LogP contribution < -0.4 is 15.1 Å². The van der Waals surface area contributed by atoms with Crippen LogP contribution in [0.3, 0.4) is 0 Å². The van der Waals surface area contributed by atoms with Gasteiger partial charge in [0.1, 0.15) is 11.4 Å². The molecule has 33 heavy (non-hydrogen) atoms. The number of aromatic nitrogens is 3. The van der Waals surface area contributed by atoms with Gasteiger partial charge >= 0.3 is 0 Å². The number of ether oxygens (including phenoxy) is 2. The van der Waals surface area contributed by atoms with E-state index < -0.39 is 0 Å². The summed E-state index contributed by atoms with van der Waals surface area (Å²) in [6.07, 6.45) is 1.78. The topological polar surface area (TPSA) is 84.8 Å². The van der Waals surface area contributed by atoms with Gasteiger partial charge in [-0.15, -0.1) is 0 Å². The maximum Gasteiger partial charge on any atom is 0.268 e. The first kappa shape index (κ1) is 21.4. The molecular formula is C24H28N6O3. The van der Waals surface area contributed by atoms with Crippen molar-refractivity contribution in [3.8, 4) is 17.0 Å². The monoisotopic (exact) mass is 448 g/mol. The second-order valence-corrected chi connectivity index (χ2v) is 8.16. The van der Waals surface area contributed by atoms with E-state index in [0.29, 0.717) is 31.4 Å². The minimum atomic E-state index is -0.0336. The lowest BCUT2D eigenvalue weighted by Crippen LogP contribution is -2.47. The van der Waals surface area contributed by atoms with Crippen LogP contribution >= 0.6 is 0 Å². The number of benzene rings is 1. The molecule has 9 nitrogen and oxygen atoms in total. The van der Waals surface area contributed by atoms with Crippen molar-refractivity contribution in [2.75, 3.05) is 45.0 Å². The minimum Gasteiger partial charge on any atom is -0.497 e. The normalized spacial score (nSPS) is 16.3. The molecule has 0 bridgehead atoms. The van der Waals surface area contributed by atoms with Gasteiger partial charge in [0.05, 0.1) is 31.7 Å². The molecule has 0 radical (unpaired) electrons. The van der Waals surface area contributed by atoms with Crippen molar-refractivity contribution < 1.29 is 14.3 Å². The third-order valence-corrected chi connectivity index (χ3v) is 6.26. The largest absolute Gasteiger partial charge is 0.497 e. The second kappa shape index (κ2) is 8.84. The Balaban J connectivity index is 1.61. The lowest BCUT2D eigenvalue weighted by Gasteiger charge is -2.37. The quantitative estimate of drug-likeness (QED) is 0.642. The third-order valence-electron chi connectivity index (χ3n) is 6.26. The maximum atomic E-state index is 12.5. The Bertz CT molecular complexity index is 1180. The minimum absolute atomic E-state index is 0.0336. The molecule has 1 amide bonds. The zero-order valence-corrected chi connectivity index (χ0v) is 19.2. The molecule has 5 rings (SSSR count). The van der Waals surface area contributed by atoms with Crippen LogP contribution in [-0.2, 0) is 11.3 Å². The lowest BCUT2D eigenvalue weighted by atomic mass is 10.1. The van der Waals surface area contributed by atoms with Crippen LogP contribution in [0.1, 0.15) is 21.7 Å². The van der Waals surface area contributed by atoms with Gasteiger partial charge in [0, 0.05) is 49.7 Å². The molecule has 9 heteroatoms. The van der Waals surface area contributed by atoms with E-state index in [9.17, 15) is 4.79 Å². The average molecular weight is 449 g/mol. The van der Waals surface area contributed by atoms with Crippen LogP contribution in [0.2, 0.25) is 0 Å². The number of carbonyl (C=O) groups excluding carboxylic acids is 1. The van der Waals surface area contributed by atoms with E-state index in [1.165, 1.54) is 0 Å². The van der Waals surface area contributed by atoms with Gasteiger partial charge in [-0.1, -0.05) is 6.07 Å². The highest BCUT2D eigenvalue weighted by Crippen LogP contribution is 2.34. The molecule has 4 heterocycles. The fraction of sp³-hybridized carbons (Fsp3) is 0.375. The number of hydrogen-bond donors (Lipinski definition) is 1. The number of morpholine rings is 1. The molecule has 0 spiro atoms. The number of fused-ring (bicyclic) bond motifs is 1. The molecule has 2 aliphatic heterocycles. The van der Waals surface area contributed by atoms with E-state index in [1.54, 1.807) is 13.3 Å². The second-order valence-electron chi connectivity index (χ2n) is 8.16. The molecule has 172 valence electrons. The number of methoxy groups -OCH3 is 1. The van der Waals surface area contributed by atoms with Gasteiger partial charge in [0.25, 0.3) is 5.91 Å². The Hall–Kier alpha value is -3.43. The van der Waals surface area contributed by atoms with Crippen molar-refractivity contribution >= 4 is 17.5 Å². The number of nitrogens with one attached hydrogen (secondary N) is 1. The zero-order chi connectivity index (χ0) is 22.9. The molecule has 0 aliphatic carbocycles. The SMILES string of the molecule is COc1cccc(N(c2nccc(-c3c(C)c4n(c3C)CCNC4=O)n2)N2CCOCC2)c1. The summed E-state index contributed by atoms with van der Waals surface area (Å²) in [5.74, 6) is 1.29. The fourth-order valence-corrected chi connectivity index (χ4v) is 4.70. The summed E-state index contributed by atoms with van der Waals surface area (Å²) < 4.78 is 13.1. The number of nitrogens with zero attached hydrogens (tertiary/aromatic N) is 5. The third kappa shape index (κ3) is 3.83. The Labute approximate surface area is 192 Å². The van der Waals surface area contributed by atoms with Crippen molar-refractivity contribution in [1.82, 2.24) is 24.9 Å². The Kier molecular flexibility index (Phi) is 5.74. The summed E-state index contributed by atoms with van der Waals surface area (Å²) in [5, 5.41) is 7.16. The number of rotatable bonds is 5. The Morgan fingerprint density at radius 3 is 2.73 bits per heavy atom. The van der Waals surface area contributed by atoms with Gasteiger partial charge in [-0.2, -0.15) is 0 Å². The van der Waals surface area contributed by atoms with E-state index >= 15 is 0 Å². The Morgan fingerprint density at radius 2 is 1.97 bits per heavy atom. The molecule has 0 saturated carbocycles. The molecule has 2 aliphatic rings. The van der Waals surface area contributed by atoms with Crippen LogP contribution in [0.15, 0.2) is 36.5 Å². The summed E-state index contributed by atoms with van der Waals surface area (Å²) in [4.78, 5) is 22.1. The van der Waals surface area contributed by atoms with Crippen molar-refractivity contribution in [1.29, 1.82) is 0 Å². The summed E-state index contributed by atoms with van der Waals surface area (Å²) >= 11 is 0. The van der Waals surface area contributed by atoms with Gasteiger partial charge in [0.15, 0.2) is 0 Å². The van der Waals surface area contributed by atoms with Crippen LogP contribution in [0, 0.1) is 13.8 Å². The van der Waals surface area contributed by atoms with Crippen LogP contribution in [-0.4, -0.2) is 65.4 Å². The first-order chi connectivity index (χ1) is 16.1. The summed E-state index contributed by atoms with van der Waals surface area (Å²) in [6.45, 7) is 8.16. The van der Waals surface area contributed by atoms with Crippen molar-refractivity contribution in [3.63, 3.8) is 0 Å². The number of hydrogen-bond acceptors (Lipinski definition) is 7. The molecule has 2 aromatic heterocycles. The predicted octanol–water partition coefficient (Wildman–Crippen LogP) is 2.70. The highest BCUT2D eigenvalue weighted by Gasteiger charge is 2.28. The van der Waals surface area contributed by atoms with Gasteiger partial charge in [-0.05, 0) is 37.6 Å². The van der Waals surface area contributed by atoms with E-state index in [-0.39, 0.29) is 5.91 Å². The molecule has 1 saturated heterocycles. The Morgan fingerprint density at radius 1 is 1.15 bits per heavy atom. The van der Waals surface area contributed by atoms with Crippen molar-refractivity contribution in [2.45, 2.75) is 20.4 Å². The molecule has 0 atom stereocenters. The van der Waals surface area contributed by atoms with Crippen molar-refractivity contribution in [3.05, 3.63) is 53.5 Å². The molecule has 1 aromatic carbocycles. The van der Waals surface area contributed by atoms with Gasteiger partial charge in [-0.3, -0.25) is 4.79 Å². The highest BCUT2D eigenvalue weighted by molar-refractivity contribution is 5.97. The summed E-state index contributed by atoms with van der Waals surface area (Å²) in [6, 6.07) is 9.78. The van der Waals surface area contributed by atoms with Gasteiger partial charge in [0.2, 0.25) is 5.95 Å².